The van der Waals surface area contributed by atoms with Gasteiger partial charge in [-0.25, -0.2) is 0 Å². The van der Waals surface area contributed by atoms with E-state index in [1.54, 1.807) is 17.0 Å². The number of carbonyl (C=O) groups is 1. The molecule has 2 aliphatic heterocycles. The summed E-state index contributed by atoms with van der Waals surface area (Å²) in [6.45, 7) is 5.16. The zero-order valence-electron chi connectivity index (χ0n) is 18.4. The fraction of sp³-hybridized carbons (Fsp3) is 0.333. The SMILES string of the molecule is CCOc1ccc(N2CSC3=C(C#N)C(c4cc(Br)c(O)c(OCC)c4)CC(=O)N3C2)cc1. The molecule has 1 N–H and O–H groups in total. The number of anilines is 1. The molecule has 0 aliphatic carbocycles. The van der Waals surface area contributed by atoms with Crippen LogP contribution in [-0.4, -0.2) is 41.7 Å². The molecule has 2 aromatic carbocycles. The number of benzene rings is 2. The minimum absolute atomic E-state index is 0.00793. The summed E-state index contributed by atoms with van der Waals surface area (Å²) in [5.74, 6) is 1.33. The van der Waals surface area contributed by atoms with Crippen LogP contribution in [0.3, 0.4) is 0 Å². The first-order valence-electron chi connectivity index (χ1n) is 10.7. The summed E-state index contributed by atoms with van der Waals surface area (Å²) < 4.78 is 11.5. The first kappa shape index (κ1) is 23.3. The standard InChI is InChI=1S/C24H24BrN3O4S/c1-3-31-17-7-5-16(6-8-17)27-13-28-22(29)11-18(19(12-26)24(28)33-14-27)15-9-20(25)23(30)21(10-15)32-4-2/h5-10,18,30H,3-4,11,13-14H2,1-2H3. The molecule has 0 aromatic heterocycles. The number of fused-ring (bicyclic) bond motifs is 1. The molecule has 2 aromatic rings. The second-order valence-corrected chi connectivity index (χ2v) is 9.36. The minimum atomic E-state index is -0.394. The van der Waals surface area contributed by atoms with Crippen molar-refractivity contribution in [2.75, 3.05) is 30.7 Å². The number of ether oxygens (including phenoxy) is 2. The number of hydrogen-bond acceptors (Lipinski definition) is 7. The molecule has 2 heterocycles. The summed E-state index contributed by atoms with van der Waals surface area (Å²) in [6.07, 6.45) is 0.173. The third kappa shape index (κ3) is 4.63. The normalized spacial score (nSPS) is 18.1. The monoisotopic (exact) mass is 529 g/mol. The van der Waals surface area contributed by atoms with E-state index in [0.717, 1.165) is 17.0 Å². The Balaban J connectivity index is 1.63. The average Bonchev–Trinajstić information content (AvgIpc) is 2.82. The Hall–Kier alpha value is -2.83. The van der Waals surface area contributed by atoms with Gasteiger partial charge >= 0.3 is 0 Å². The summed E-state index contributed by atoms with van der Waals surface area (Å²) in [5, 5.41) is 21.0. The van der Waals surface area contributed by atoms with Crippen molar-refractivity contribution in [1.82, 2.24) is 4.90 Å². The molecule has 1 atom stereocenters. The van der Waals surface area contributed by atoms with Crippen molar-refractivity contribution in [3.63, 3.8) is 0 Å². The van der Waals surface area contributed by atoms with Gasteiger partial charge in [0.1, 0.15) is 5.75 Å². The molecule has 33 heavy (non-hydrogen) atoms. The van der Waals surface area contributed by atoms with E-state index in [4.69, 9.17) is 9.47 Å². The van der Waals surface area contributed by atoms with Gasteiger partial charge in [-0.05, 0) is 71.7 Å². The summed E-state index contributed by atoms with van der Waals surface area (Å²) >= 11 is 4.85. The molecule has 172 valence electrons. The fourth-order valence-electron chi connectivity index (χ4n) is 3.99. The maximum Gasteiger partial charge on any atom is 0.229 e. The topological polar surface area (TPSA) is 86.0 Å². The maximum absolute atomic E-state index is 13.2. The minimum Gasteiger partial charge on any atom is -0.503 e. The van der Waals surface area contributed by atoms with Crippen molar-refractivity contribution in [2.24, 2.45) is 0 Å². The van der Waals surface area contributed by atoms with Crippen molar-refractivity contribution < 1.29 is 19.4 Å². The Labute approximate surface area is 205 Å². The highest BCUT2D eigenvalue weighted by molar-refractivity contribution is 9.10. The predicted octanol–water partition coefficient (Wildman–Crippen LogP) is 5.17. The van der Waals surface area contributed by atoms with E-state index < -0.39 is 5.92 Å². The molecule has 0 spiro atoms. The Morgan fingerprint density at radius 2 is 1.94 bits per heavy atom. The van der Waals surface area contributed by atoms with Gasteiger partial charge in [-0.1, -0.05) is 11.8 Å². The summed E-state index contributed by atoms with van der Waals surface area (Å²) in [6, 6.07) is 13.6. The lowest BCUT2D eigenvalue weighted by molar-refractivity contribution is -0.129. The van der Waals surface area contributed by atoms with E-state index in [1.807, 2.05) is 38.1 Å². The third-order valence-electron chi connectivity index (χ3n) is 5.56. The highest BCUT2D eigenvalue weighted by atomic mass is 79.9. The average molecular weight is 530 g/mol. The third-order valence-corrected chi connectivity index (χ3v) is 7.32. The van der Waals surface area contributed by atoms with Gasteiger partial charge < -0.3 is 19.5 Å². The number of nitrogens with zero attached hydrogens (tertiary/aromatic N) is 3. The Morgan fingerprint density at radius 3 is 2.61 bits per heavy atom. The predicted molar refractivity (Wildman–Crippen MR) is 131 cm³/mol. The van der Waals surface area contributed by atoms with E-state index in [-0.39, 0.29) is 18.1 Å². The van der Waals surface area contributed by atoms with E-state index in [9.17, 15) is 15.2 Å². The van der Waals surface area contributed by atoms with Gasteiger partial charge in [0.05, 0.1) is 46.9 Å². The molecule has 1 unspecified atom stereocenters. The molecule has 0 saturated carbocycles. The molecule has 2 aliphatic rings. The second kappa shape index (κ2) is 9.98. The van der Waals surface area contributed by atoms with Gasteiger partial charge in [0.25, 0.3) is 0 Å². The number of amides is 1. The molecule has 1 saturated heterocycles. The second-order valence-electron chi connectivity index (χ2n) is 7.57. The highest BCUT2D eigenvalue weighted by Crippen LogP contribution is 2.46. The van der Waals surface area contributed by atoms with Crippen molar-refractivity contribution in [1.29, 1.82) is 5.26 Å². The molecule has 9 heteroatoms. The van der Waals surface area contributed by atoms with Crippen LogP contribution in [0.4, 0.5) is 5.69 Å². The number of phenols is 1. The van der Waals surface area contributed by atoms with Crippen LogP contribution in [0, 0.1) is 11.3 Å². The van der Waals surface area contributed by atoms with E-state index in [0.29, 0.717) is 46.6 Å². The molecular weight excluding hydrogens is 506 g/mol. The van der Waals surface area contributed by atoms with Crippen LogP contribution in [-0.2, 0) is 4.79 Å². The van der Waals surface area contributed by atoms with Crippen LogP contribution in [0.5, 0.6) is 17.2 Å². The number of thioether (sulfide) groups is 1. The highest BCUT2D eigenvalue weighted by Gasteiger charge is 2.38. The van der Waals surface area contributed by atoms with Crippen LogP contribution < -0.4 is 14.4 Å². The molecule has 1 amide bonds. The summed E-state index contributed by atoms with van der Waals surface area (Å²) in [5.41, 5.74) is 2.31. The number of halogens is 1. The molecule has 0 bridgehead atoms. The van der Waals surface area contributed by atoms with Crippen molar-refractivity contribution in [2.45, 2.75) is 26.2 Å². The van der Waals surface area contributed by atoms with E-state index in [1.165, 1.54) is 11.8 Å². The van der Waals surface area contributed by atoms with Gasteiger partial charge in [0.15, 0.2) is 11.5 Å². The van der Waals surface area contributed by atoms with Crippen molar-refractivity contribution in [3.05, 3.63) is 57.0 Å². The first-order valence-corrected chi connectivity index (χ1v) is 12.4. The van der Waals surface area contributed by atoms with Crippen LogP contribution in [0.25, 0.3) is 0 Å². The fourth-order valence-corrected chi connectivity index (χ4v) is 5.62. The zero-order valence-corrected chi connectivity index (χ0v) is 20.8. The van der Waals surface area contributed by atoms with Crippen LogP contribution in [0.2, 0.25) is 0 Å². The number of nitriles is 1. The lowest BCUT2D eigenvalue weighted by Gasteiger charge is -2.42. The zero-order chi connectivity index (χ0) is 23.5. The molecule has 7 nitrogen and oxygen atoms in total. The van der Waals surface area contributed by atoms with Gasteiger partial charge in [0.2, 0.25) is 5.91 Å². The van der Waals surface area contributed by atoms with E-state index in [2.05, 4.69) is 26.9 Å². The van der Waals surface area contributed by atoms with Crippen molar-refractivity contribution in [3.8, 4) is 23.3 Å². The Bertz CT molecular complexity index is 1130. The molecule has 4 rings (SSSR count). The van der Waals surface area contributed by atoms with Gasteiger partial charge in [0, 0.05) is 18.0 Å². The number of hydrogen-bond donors (Lipinski definition) is 1. The van der Waals surface area contributed by atoms with E-state index >= 15 is 0 Å². The van der Waals surface area contributed by atoms with Gasteiger partial charge in [-0.2, -0.15) is 5.26 Å². The number of carbonyl (C=O) groups excluding carboxylic acids is 1. The summed E-state index contributed by atoms with van der Waals surface area (Å²) in [4.78, 5) is 17.0. The number of phenolic OH excluding ortho intramolecular Hbond substituents is 1. The maximum atomic E-state index is 13.2. The summed E-state index contributed by atoms with van der Waals surface area (Å²) in [7, 11) is 0. The van der Waals surface area contributed by atoms with Crippen LogP contribution >= 0.6 is 27.7 Å². The largest absolute Gasteiger partial charge is 0.503 e. The molecule has 1 fully saturated rings. The number of aromatic hydroxyl groups is 1. The lowest BCUT2D eigenvalue weighted by atomic mass is 9.86. The quantitative estimate of drug-likeness (QED) is 0.552. The molecular formula is C24H24BrN3O4S. The Kier molecular flexibility index (Phi) is 7.05. The molecule has 0 radical (unpaired) electrons. The smallest absolute Gasteiger partial charge is 0.229 e. The van der Waals surface area contributed by atoms with Gasteiger partial charge in [-0.15, -0.1) is 0 Å². The van der Waals surface area contributed by atoms with Gasteiger partial charge in [-0.3, -0.25) is 9.69 Å². The van der Waals surface area contributed by atoms with Crippen LogP contribution in [0.1, 0.15) is 31.7 Å². The number of rotatable bonds is 6. The van der Waals surface area contributed by atoms with Crippen LogP contribution in [0.15, 0.2) is 51.5 Å². The Morgan fingerprint density at radius 1 is 1.21 bits per heavy atom. The van der Waals surface area contributed by atoms with Crippen molar-refractivity contribution >= 4 is 39.3 Å². The number of allylic oxidation sites excluding steroid dienone is 1. The first-order chi connectivity index (χ1) is 16.0. The lowest BCUT2D eigenvalue weighted by Crippen LogP contribution is -2.47.